The molecular weight excluding hydrogens is 316 g/mol. The van der Waals surface area contributed by atoms with Crippen LogP contribution in [0.4, 0.5) is 10.5 Å². The number of aliphatic carboxylic acids is 1. The molecule has 128 valence electrons. The lowest BCUT2D eigenvalue weighted by Gasteiger charge is -2.24. The lowest BCUT2D eigenvalue weighted by atomic mass is 10.2. The topological polar surface area (TPSA) is 102 Å². The Morgan fingerprint density at radius 3 is 2.35 bits per heavy atom. The Bertz CT molecular complexity index is 540. The van der Waals surface area contributed by atoms with Crippen LogP contribution in [0.1, 0.15) is 33.3 Å². The van der Waals surface area contributed by atoms with E-state index in [1.165, 1.54) is 11.8 Å². The van der Waals surface area contributed by atoms with Gasteiger partial charge in [0.05, 0.1) is 0 Å². The number of benzene rings is 1. The van der Waals surface area contributed by atoms with Gasteiger partial charge in [-0.05, 0) is 38.5 Å². The highest BCUT2D eigenvalue weighted by Gasteiger charge is 2.29. The summed E-state index contributed by atoms with van der Waals surface area (Å²) in [5, 5.41) is 11.4. The van der Waals surface area contributed by atoms with Crippen LogP contribution in [0, 0.1) is 0 Å². The van der Waals surface area contributed by atoms with Crippen molar-refractivity contribution in [1.82, 2.24) is 5.32 Å². The van der Waals surface area contributed by atoms with E-state index in [4.69, 9.17) is 10.5 Å². The van der Waals surface area contributed by atoms with Gasteiger partial charge in [-0.25, -0.2) is 9.59 Å². The number of amides is 1. The molecule has 0 fully saturated rings. The normalized spacial score (nSPS) is 13.9. The van der Waals surface area contributed by atoms with Gasteiger partial charge in [-0.1, -0.05) is 19.1 Å². The Kier molecular flexibility index (Phi) is 6.75. The minimum absolute atomic E-state index is 0.322. The summed E-state index contributed by atoms with van der Waals surface area (Å²) in [6.07, 6.45) is -0.732. The average Bonchev–Trinajstić information content (AvgIpc) is 2.41. The molecule has 0 aliphatic carbocycles. The standard InChI is InChI=1S/C16H24N2O4S/c1-10(23-9-11-5-7-12(17)8-6-11)13(14(19)20)18-15(21)22-16(2,3)4/h5-8,10,13H,9,17H2,1-4H3,(H,18,21)(H,19,20)/t10?,13-/m0/s1. The van der Waals surface area contributed by atoms with Crippen molar-refractivity contribution in [2.24, 2.45) is 0 Å². The number of carboxylic acids is 1. The largest absolute Gasteiger partial charge is 0.480 e. The molecule has 1 aromatic carbocycles. The molecule has 1 amide bonds. The van der Waals surface area contributed by atoms with Gasteiger partial charge in [0.15, 0.2) is 0 Å². The molecule has 23 heavy (non-hydrogen) atoms. The number of hydrogen-bond acceptors (Lipinski definition) is 5. The van der Waals surface area contributed by atoms with Crippen molar-refractivity contribution < 1.29 is 19.4 Å². The van der Waals surface area contributed by atoms with Gasteiger partial charge >= 0.3 is 12.1 Å². The molecule has 1 rings (SSSR count). The first-order chi connectivity index (χ1) is 10.6. The molecule has 2 atom stereocenters. The molecule has 0 bridgehead atoms. The Balaban J connectivity index is 2.60. The predicted octanol–water partition coefficient (Wildman–Crippen LogP) is 2.87. The minimum atomic E-state index is -1.09. The lowest BCUT2D eigenvalue weighted by Crippen LogP contribution is -2.48. The summed E-state index contributed by atoms with van der Waals surface area (Å²) in [5.74, 6) is -0.463. The van der Waals surface area contributed by atoms with Gasteiger partial charge in [0.2, 0.25) is 0 Å². The van der Waals surface area contributed by atoms with Gasteiger partial charge in [0.1, 0.15) is 11.6 Å². The molecule has 0 radical (unpaired) electrons. The van der Waals surface area contributed by atoms with Crippen LogP contribution < -0.4 is 11.1 Å². The maximum Gasteiger partial charge on any atom is 0.408 e. The molecule has 0 heterocycles. The fraction of sp³-hybridized carbons (Fsp3) is 0.500. The molecule has 0 aliphatic rings. The number of carboxylic acid groups (broad SMARTS) is 1. The molecule has 0 aromatic heterocycles. The summed E-state index contributed by atoms with van der Waals surface area (Å²) >= 11 is 1.44. The van der Waals surface area contributed by atoms with Crippen molar-refractivity contribution in [2.45, 2.75) is 50.3 Å². The third-order valence-corrected chi connectivity index (χ3v) is 4.20. The zero-order valence-corrected chi connectivity index (χ0v) is 14.6. The van der Waals surface area contributed by atoms with Crippen LogP contribution in [0.25, 0.3) is 0 Å². The van der Waals surface area contributed by atoms with E-state index in [1.54, 1.807) is 39.8 Å². The van der Waals surface area contributed by atoms with Crippen LogP contribution >= 0.6 is 11.8 Å². The molecule has 1 unspecified atom stereocenters. The molecule has 0 aliphatic heterocycles. The van der Waals surface area contributed by atoms with Gasteiger partial charge in [-0.3, -0.25) is 0 Å². The smallest absolute Gasteiger partial charge is 0.408 e. The summed E-state index contributed by atoms with van der Waals surface area (Å²) in [6.45, 7) is 6.93. The average molecular weight is 340 g/mol. The van der Waals surface area contributed by atoms with Crippen LogP contribution in [0.15, 0.2) is 24.3 Å². The number of hydrogen-bond donors (Lipinski definition) is 3. The minimum Gasteiger partial charge on any atom is -0.480 e. The Morgan fingerprint density at radius 2 is 1.87 bits per heavy atom. The monoisotopic (exact) mass is 340 g/mol. The zero-order valence-electron chi connectivity index (χ0n) is 13.8. The molecular formula is C16H24N2O4S. The molecule has 4 N–H and O–H groups in total. The summed E-state index contributed by atoms with van der Waals surface area (Å²) in [6, 6.07) is 6.37. The second-order valence-corrected chi connectivity index (χ2v) is 7.59. The Morgan fingerprint density at radius 1 is 1.30 bits per heavy atom. The summed E-state index contributed by atoms with van der Waals surface area (Å²) in [5.41, 5.74) is 6.68. The molecule has 6 nitrogen and oxygen atoms in total. The second kappa shape index (κ2) is 8.10. The van der Waals surface area contributed by atoms with Crippen molar-refractivity contribution in [3.8, 4) is 0 Å². The van der Waals surface area contributed by atoms with Crippen molar-refractivity contribution >= 4 is 29.5 Å². The first-order valence-corrected chi connectivity index (χ1v) is 8.31. The summed E-state index contributed by atoms with van der Waals surface area (Å²) in [4.78, 5) is 23.2. The molecule has 0 saturated heterocycles. The quantitative estimate of drug-likeness (QED) is 0.688. The number of alkyl carbamates (subject to hydrolysis) is 1. The van der Waals surface area contributed by atoms with Gasteiger partial charge in [0.25, 0.3) is 0 Å². The fourth-order valence-corrected chi connectivity index (χ4v) is 2.78. The Labute approximate surface area is 140 Å². The van der Waals surface area contributed by atoms with Gasteiger partial charge < -0.3 is 20.9 Å². The van der Waals surface area contributed by atoms with Crippen LogP contribution in [0.3, 0.4) is 0 Å². The number of ether oxygens (including phenoxy) is 1. The van der Waals surface area contributed by atoms with E-state index >= 15 is 0 Å². The van der Waals surface area contributed by atoms with Gasteiger partial charge in [0, 0.05) is 16.7 Å². The highest BCUT2D eigenvalue weighted by atomic mass is 32.2. The molecule has 7 heteroatoms. The first kappa shape index (κ1) is 19.2. The van der Waals surface area contributed by atoms with E-state index in [9.17, 15) is 14.7 Å². The number of nitrogen functional groups attached to an aromatic ring is 1. The van der Waals surface area contributed by atoms with Crippen LogP contribution in [0.5, 0.6) is 0 Å². The number of thioether (sulfide) groups is 1. The maximum absolute atomic E-state index is 11.8. The number of nitrogens with one attached hydrogen (secondary N) is 1. The van der Waals surface area contributed by atoms with Crippen LogP contribution in [-0.4, -0.2) is 34.1 Å². The van der Waals surface area contributed by atoms with Crippen molar-refractivity contribution in [1.29, 1.82) is 0 Å². The number of rotatable bonds is 6. The SMILES string of the molecule is CC(SCc1ccc(N)cc1)[C@H](NC(=O)OC(C)(C)C)C(=O)O. The number of nitrogens with two attached hydrogens (primary N) is 1. The van der Waals surface area contributed by atoms with Crippen molar-refractivity contribution in [2.75, 3.05) is 5.73 Å². The third-order valence-electron chi connectivity index (χ3n) is 2.90. The second-order valence-electron chi connectivity index (χ2n) is 6.22. The highest BCUT2D eigenvalue weighted by molar-refractivity contribution is 7.99. The molecule has 1 aromatic rings. The lowest BCUT2D eigenvalue weighted by molar-refractivity contribution is -0.139. The highest BCUT2D eigenvalue weighted by Crippen LogP contribution is 2.21. The van der Waals surface area contributed by atoms with E-state index in [2.05, 4.69) is 5.32 Å². The zero-order chi connectivity index (χ0) is 17.6. The number of anilines is 1. The van der Waals surface area contributed by atoms with Crippen LogP contribution in [-0.2, 0) is 15.3 Å². The van der Waals surface area contributed by atoms with Crippen LogP contribution in [0.2, 0.25) is 0 Å². The van der Waals surface area contributed by atoms with Crippen molar-refractivity contribution in [3.05, 3.63) is 29.8 Å². The Hall–Kier alpha value is -1.89. The van der Waals surface area contributed by atoms with E-state index in [0.29, 0.717) is 11.4 Å². The van der Waals surface area contributed by atoms with E-state index < -0.39 is 23.7 Å². The van der Waals surface area contributed by atoms with Gasteiger partial charge in [-0.15, -0.1) is 0 Å². The summed E-state index contributed by atoms with van der Waals surface area (Å²) in [7, 11) is 0. The summed E-state index contributed by atoms with van der Waals surface area (Å²) < 4.78 is 5.11. The molecule has 0 saturated carbocycles. The fourth-order valence-electron chi connectivity index (χ4n) is 1.75. The predicted molar refractivity (Wildman–Crippen MR) is 92.4 cm³/mol. The first-order valence-electron chi connectivity index (χ1n) is 7.27. The van der Waals surface area contributed by atoms with E-state index in [1.807, 2.05) is 12.1 Å². The van der Waals surface area contributed by atoms with E-state index in [0.717, 1.165) is 5.56 Å². The van der Waals surface area contributed by atoms with Crippen molar-refractivity contribution in [3.63, 3.8) is 0 Å². The molecule has 0 spiro atoms. The third kappa shape index (κ3) is 7.27. The number of carbonyl (C=O) groups is 2. The maximum atomic E-state index is 11.8. The van der Waals surface area contributed by atoms with Gasteiger partial charge in [-0.2, -0.15) is 11.8 Å². The van der Waals surface area contributed by atoms with E-state index in [-0.39, 0.29) is 5.25 Å². The number of carbonyl (C=O) groups excluding carboxylic acids is 1.